The van der Waals surface area contributed by atoms with Gasteiger partial charge in [-0.05, 0) is 12.1 Å². The number of carbonyl (C=O) groups is 1. The second-order valence-corrected chi connectivity index (χ2v) is 3.05. The van der Waals surface area contributed by atoms with Crippen LogP contribution in [-0.2, 0) is 0 Å². The lowest BCUT2D eigenvalue weighted by molar-refractivity contribution is -0.505. The molecule has 0 N–H and O–H groups in total. The van der Waals surface area contributed by atoms with Crippen molar-refractivity contribution in [1.82, 2.24) is 0 Å². The number of carbonyl (C=O) groups excluding carboxylic acids is 1. The Hall–Kier alpha value is -1.78. The van der Waals surface area contributed by atoms with Gasteiger partial charge in [-0.3, -0.25) is 14.9 Å². The highest BCUT2D eigenvalue weighted by Gasteiger charge is 2.30. The molecule has 0 amide bonds. The number of hydrogen-bond acceptors (Lipinski definition) is 3. The van der Waals surface area contributed by atoms with Gasteiger partial charge < -0.3 is 0 Å². The minimum Gasteiger partial charge on any atom is -0.286 e. The second-order valence-electron chi connectivity index (χ2n) is 3.05. The number of halogens is 1. The van der Waals surface area contributed by atoms with Crippen molar-refractivity contribution in [2.45, 2.75) is 19.4 Å². The van der Waals surface area contributed by atoms with E-state index in [2.05, 4.69) is 0 Å². The number of nitrogens with zero attached hydrogens (tertiary/aromatic N) is 1. The minimum atomic E-state index is -1.36. The van der Waals surface area contributed by atoms with E-state index in [0.717, 1.165) is 6.07 Å². The summed E-state index contributed by atoms with van der Waals surface area (Å²) in [7, 11) is 0. The molecule has 0 saturated heterocycles. The average Bonchev–Trinajstić information content (AvgIpc) is 2.18. The molecule has 1 aromatic carbocycles. The molecule has 0 heterocycles. The summed E-state index contributed by atoms with van der Waals surface area (Å²) in [6.07, 6.45) is 0.0557. The molecule has 5 heteroatoms. The van der Waals surface area contributed by atoms with Gasteiger partial charge in [0, 0.05) is 11.3 Å². The lowest BCUT2D eigenvalue weighted by Gasteiger charge is -2.06. The Morgan fingerprint density at radius 1 is 1.53 bits per heavy atom. The predicted molar refractivity (Wildman–Crippen MR) is 51.8 cm³/mol. The van der Waals surface area contributed by atoms with Crippen molar-refractivity contribution in [1.29, 1.82) is 0 Å². The fraction of sp³-hybridized carbons (Fsp3) is 0.300. The zero-order valence-electron chi connectivity index (χ0n) is 8.14. The van der Waals surface area contributed by atoms with Gasteiger partial charge in [-0.25, -0.2) is 4.39 Å². The van der Waals surface area contributed by atoms with Gasteiger partial charge in [0.2, 0.25) is 5.78 Å². The topological polar surface area (TPSA) is 60.2 Å². The molecule has 0 aliphatic heterocycles. The Kier molecular flexibility index (Phi) is 3.49. The first-order chi connectivity index (χ1) is 7.07. The fourth-order valence-corrected chi connectivity index (χ4v) is 1.27. The van der Waals surface area contributed by atoms with Gasteiger partial charge in [0.25, 0.3) is 6.04 Å². The molecule has 0 spiro atoms. The standard InChI is InChI=1S/C10H10FNO3/c1-2-9(12(14)15)10(13)7-5-3-4-6-8(7)11/h3-6,9H,2H2,1H3. The Bertz CT molecular complexity index is 392. The Balaban J connectivity index is 3.03. The predicted octanol–water partition coefficient (Wildman–Crippen LogP) is 2.06. The third kappa shape index (κ3) is 2.37. The van der Waals surface area contributed by atoms with Gasteiger partial charge in [-0.15, -0.1) is 0 Å². The van der Waals surface area contributed by atoms with Gasteiger partial charge >= 0.3 is 0 Å². The van der Waals surface area contributed by atoms with Crippen molar-refractivity contribution in [3.63, 3.8) is 0 Å². The second kappa shape index (κ2) is 4.63. The molecule has 0 bridgehead atoms. The number of benzene rings is 1. The summed E-state index contributed by atoms with van der Waals surface area (Å²) in [4.78, 5) is 21.4. The van der Waals surface area contributed by atoms with Gasteiger partial charge in [-0.2, -0.15) is 0 Å². The van der Waals surface area contributed by atoms with Crippen LogP contribution < -0.4 is 0 Å². The van der Waals surface area contributed by atoms with Crippen LogP contribution in [0.2, 0.25) is 0 Å². The SMILES string of the molecule is CCC(C(=O)c1ccccc1F)[N+](=O)[O-]. The van der Waals surface area contributed by atoms with Crippen LogP contribution in [0.5, 0.6) is 0 Å². The molecule has 80 valence electrons. The molecule has 0 aliphatic rings. The third-order valence-corrected chi connectivity index (χ3v) is 2.08. The zero-order valence-corrected chi connectivity index (χ0v) is 8.14. The van der Waals surface area contributed by atoms with Crippen LogP contribution in [-0.4, -0.2) is 16.7 Å². The van der Waals surface area contributed by atoms with E-state index in [0.29, 0.717) is 0 Å². The van der Waals surface area contributed by atoms with E-state index >= 15 is 0 Å². The quantitative estimate of drug-likeness (QED) is 0.435. The molecule has 4 nitrogen and oxygen atoms in total. The molecule has 1 atom stereocenters. The molecular weight excluding hydrogens is 201 g/mol. The van der Waals surface area contributed by atoms with Gasteiger partial charge in [0.1, 0.15) is 5.82 Å². The van der Waals surface area contributed by atoms with Crippen molar-refractivity contribution in [2.75, 3.05) is 0 Å². The normalized spacial score (nSPS) is 12.1. The number of hydrogen-bond donors (Lipinski definition) is 0. The molecule has 0 fully saturated rings. The molecule has 0 aromatic heterocycles. The van der Waals surface area contributed by atoms with Gasteiger partial charge in [0.05, 0.1) is 5.56 Å². The fourth-order valence-electron chi connectivity index (χ4n) is 1.27. The van der Waals surface area contributed by atoms with Crippen LogP contribution >= 0.6 is 0 Å². The molecule has 0 saturated carbocycles. The van der Waals surface area contributed by atoms with E-state index in [1.54, 1.807) is 0 Å². The maximum Gasteiger partial charge on any atom is 0.274 e. The van der Waals surface area contributed by atoms with Crippen LogP contribution in [0.3, 0.4) is 0 Å². The summed E-state index contributed by atoms with van der Waals surface area (Å²) in [5.74, 6) is -1.50. The first-order valence-corrected chi connectivity index (χ1v) is 4.50. The summed E-state index contributed by atoms with van der Waals surface area (Å²) in [6.45, 7) is 1.52. The summed E-state index contributed by atoms with van der Waals surface area (Å²) in [5.41, 5.74) is -0.221. The third-order valence-electron chi connectivity index (χ3n) is 2.08. The van der Waals surface area contributed by atoms with E-state index in [4.69, 9.17) is 0 Å². The molecular formula is C10H10FNO3. The van der Waals surface area contributed by atoms with Gasteiger partial charge in [-0.1, -0.05) is 19.1 Å². The molecule has 1 rings (SSSR count). The van der Waals surface area contributed by atoms with Crippen molar-refractivity contribution >= 4 is 5.78 Å². The molecule has 1 unspecified atom stereocenters. The average molecular weight is 211 g/mol. The van der Waals surface area contributed by atoms with Crippen molar-refractivity contribution < 1.29 is 14.1 Å². The van der Waals surface area contributed by atoms with Crippen LogP contribution in [0, 0.1) is 15.9 Å². The van der Waals surface area contributed by atoms with E-state index in [1.807, 2.05) is 0 Å². The van der Waals surface area contributed by atoms with Crippen molar-refractivity contribution in [3.05, 3.63) is 45.8 Å². The number of Topliss-reactive ketones (excluding diaryl/α,β-unsaturated/α-hetero) is 1. The minimum absolute atomic E-state index is 0.0557. The van der Waals surface area contributed by atoms with Gasteiger partial charge in [0.15, 0.2) is 0 Å². The Morgan fingerprint density at radius 3 is 2.60 bits per heavy atom. The van der Waals surface area contributed by atoms with E-state index in [1.165, 1.54) is 25.1 Å². The monoisotopic (exact) mass is 211 g/mol. The Morgan fingerprint density at radius 2 is 2.13 bits per heavy atom. The maximum absolute atomic E-state index is 13.2. The largest absolute Gasteiger partial charge is 0.286 e. The first kappa shape index (κ1) is 11.3. The smallest absolute Gasteiger partial charge is 0.274 e. The maximum atomic E-state index is 13.2. The molecule has 15 heavy (non-hydrogen) atoms. The van der Waals surface area contributed by atoms with E-state index in [-0.39, 0.29) is 12.0 Å². The molecule has 0 aliphatic carbocycles. The van der Waals surface area contributed by atoms with Crippen molar-refractivity contribution in [3.8, 4) is 0 Å². The highest BCUT2D eigenvalue weighted by atomic mass is 19.1. The number of ketones is 1. The van der Waals surface area contributed by atoms with Crippen LogP contribution in [0.15, 0.2) is 24.3 Å². The number of nitro groups is 1. The van der Waals surface area contributed by atoms with Crippen LogP contribution in [0.1, 0.15) is 23.7 Å². The summed E-state index contributed by atoms with van der Waals surface area (Å²) >= 11 is 0. The zero-order chi connectivity index (χ0) is 11.4. The molecule has 0 radical (unpaired) electrons. The Labute approximate surface area is 85.9 Å². The van der Waals surface area contributed by atoms with Crippen LogP contribution in [0.25, 0.3) is 0 Å². The summed E-state index contributed by atoms with van der Waals surface area (Å²) in [6, 6.07) is 3.91. The summed E-state index contributed by atoms with van der Waals surface area (Å²) in [5, 5.41) is 10.5. The van der Waals surface area contributed by atoms with Crippen molar-refractivity contribution in [2.24, 2.45) is 0 Å². The van der Waals surface area contributed by atoms with Crippen LogP contribution in [0.4, 0.5) is 4.39 Å². The summed E-state index contributed by atoms with van der Waals surface area (Å²) < 4.78 is 13.2. The molecule has 1 aromatic rings. The highest BCUT2D eigenvalue weighted by molar-refractivity contribution is 5.99. The van der Waals surface area contributed by atoms with E-state index < -0.39 is 22.6 Å². The highest BCUT2D eigenvalue weighted by Crippen LogP contribution is 2.12. The lowest BCUT2D eigenvalue weighted by Crippen LogP contribution is -2.29. The lowest BCUT2D eigenvalue weighted by atomic mass is 10.0. The number of rotatable bonds is 4. The first-order valence-electron chi connectivity index (χ1n) is 4.50. The van der Waals surface area contributed by atoms with E-state index in [9.17, 15) is 19.3 Å².